The molecular formula is C11H14O5S. The molecule has 5 nitrogen and oxygen atoms in total. The fraction of sp³-hybridized carbons (Fsp3) is 0.364. The zero-order valence-electron chi connectivity index (χ0n) is 9.42. The minimum absolute atomic E-state index is 0.161. The zero-order valence-corrected chi connectivity index (χ0v) is 10.2. The van der Waals surface area contributed by atoms with Crippen molar-refractivity contribution in [2.45, 2.75) is 6.42 Å². The molecule has 0 saturated carbocycles. The lowest BCUT2D eigenvalue weighted by atomic mass is 10.2. The monoisotopic (exact) mass is 258 g/mol. The molecule has 0 aromatic heterocycles. The van der Waals surface area contributed by atoms with E-state index in [1.807, 2.05) is 0 Å². The van der Waals surface area contributed by atoms with Gasteiger partial charge in [-0.15, -0.1) is 0 Å². The van der Waals surface area contributed by atoms with Gasteiger partial charge in [0.25, 0.3) is 0 Å². The molecule has 1 rings (SSSR count). The lowest BCUT2D eigenvalue weighted by molar-refractivity contribution is -0.134. The number of hydrogen-bond donors (Lipinski definition) is 1. The Hall–Kier alpha value is -1.56. The van der Waals surface area contributed by atoms with Gasteiger partial charge in [-0.3, -0.25) is 4.79 Å². The van der Waals surface area contributed by atoms with Crippen LogP contribution in [0.1, 0.15) is 5.56 Å². The van der Waals surface area contributed by atoms with Crippen LogP contribution in [0.4, 0.5) is 0 Å². The number of aliphatic carboxylic acids is 1. The second kappa shape index (κ2) is 5.67. The van der Waals surface area contributed by atoms with Crippen LogP contribution in [0.3, 0.4) is 0 Å². The molecule has 0 unspecified atom stereocenters. The van der Waals surface area contributed by atoms with Gasteiger partial charge in [-0.2, -0.15) is 0 Å². The van der Waals surface area contributed by atoms with Gasteiger partial charge in [0, 0.05) is 0 Å². The summed E-state index contributed by atoms with van der Waals surface area (Å²) in [4.78, 5) is 10.3. The highest BCUT2D eigenvalue weighted by molar-refractivity contribution is 7.92. The number of methoxy groups -OCH3 is 1. The van der Waals surface area contributed by atoms with E-state index in [1.165, 1.54) is 0 Å². The van der Waals surface area contributed by atoms with Crippen LogP contribution in [0.5, 0.6) is 5.75 Å². The van der Waals surface area contributed by atoms with Crippen LogP contribution in [0.25, 0.3) is 0 Å². The maximum absolute atomic E-state index is 11.3. The number of carboxylic acids is 1. The molecule has 1 N–H and O–H groups in total. The number of carboxylic acid groups (broad SMARTS) is 1. The van der Waals surface area contributed by atoms with E-state index in [-0.39, 0.29) is 5.75 Å². The lowest BCUT2D eigenvalue weighted by Crippen LogP contribution is -2.19. The van der Waals surface area contributed by atoms with E-state index >= 15 is 0 Å². The predicted octanol–water partition coefficient (Wildman–Crippen LogP) is 0.737. The highest BCUT2D eigenvalue weighted by Gasteiger charge is 2.15. The molecule has 0 saturated heterocycles. The Morgan fingerprint density at radius 1 is 1.29 bits per heavy atom. The predicted molar refractivity (Wildman–Crippen MR) is 63.0 cm³/mol. The fourth-order valence-electron chi connectivity index (χ4n) is 1.33. The number of carbonyl (C=O) groups is 1. The van der Waals surface area contributed by atoms with Crippen molar-refractivity contribution in [1.82, 2.24) is 0 Å². The number of hydrogen-bond acceptors (Lipinski definition) is 4. The topological polar surface area (TPSA) is 80.7 Å². The van der Waals surface area contributed by atoms with Crippen LogP contribution in [0, 0.1) is 0 Å². The van der Waals surface area contributed by atoms with Crippen LogP contribution in [-0.4, -0.2) is 38.1 Å². The van der Waals surface area contributed by atoms with Crippen molar-refractivity contribution < 1.29 is 23.1 Å². The van der Waals surface area contributed by atoms with Crippen LogP contribution in [-0.2, 0) is 21.1 Å². The second-order valence-corrected chi connectivity index (χ2v) is 5.77. The third-order valence-corrected chi connectivity index (χ3v) is 3.72. The maximum Gasteiger partial charge on any atom is 0.318 e. The van der Waals surface area contributed by atoms with Crippen molar-refractivity contribution in [2.75, 3.05) is 18.6 Å². The summed E-state index contributed by atoms with van der Waals surface area (Å²) in [6.45, 7) is 0. The van der Waals surface area contributed by atoms with Crippen LogP contribution >= 0.6 is 0 Å². The molecule has 0 heterocycles. The van der Waals surface area contributed by atoms with Crippen molar-refractivity contribution in [3.05, 3.63) is 29.8 Å². The Bertz CT molecular complexity index is 475. The number of ether oxygens (including phenoxy) is 1. The van der Waals surface area contributed by atoms with Gasteiger partial charge in [0.1, 0.15) is 11.5 Å². The average Bonchev–Trinajstić information content (AvgIpc) is 2.25. The van der Waals surface area contributed by atoms with E-state index in [0.717, 1.165) is 5.56 Å². The van der Waals surface area contributed by atoms with Crippen molar-refractivity contribution in [3.8, 4) is 5.75 Å². The molecule has 94 valence electrons. The van der Waals surface area contributed by atoms with E-state index < -0.39 is 21.6 Å². The Balaban J connectivity index is 2.58. The van der Waals surface area contributed by atoms with Crippen molar-refractivity contribution in [1.29, 1.82) is 0 Å². The summed E-state index contributed by atoms with van der Waals surface area (Å²) < 4.78 is 27.6. The summed E-state index contributed by atoms with van der Waals surface area (Å²) >= 11 is 0. The minimum Gasteiger partial charge on any atom is -0.497 e. The summed E-state index contributed by atoms with van der Waals surface area (Å²) in [6, 6.07) is 6.99. The molecule has 0 aliphatic heterocycles. The fourth-order valence-corrected chi connectivity index (χ4v) is 2.39. The third-order valence-electron chi connectivity index (χ3n) is 2.20. The molecule has 1 aromatic rings. The molecule has 0 aliphatic rings. The Labute approximate surface area is 100.0 Å². The van der Waals surface area contributed by atoms with Crippen LogP contribution < -0.4 is 4.74 Å². The van der Waals surface area contributed by atoms with Crippen molar-refractivity contribution in [3.63, 3.8) is 0 Å². The SMILES string of the molecule is COc1ccc(CCS(=O)(=O)CC(=O)O)cc1. The second-order valence-electron chi connectivity index (χ2n) is 3.58. The van der Waals surface area contributed by atoms with Gasteiger partial charge >= 0.3 is 5.97 Å². The normalized spacial score (nSPS) is 11.1. The van der Waals surface area contributed by atoms with Crippen molar-refractivity contribution in [2.24, 2.45) is 0 Å². The molecule has 0 amide bonds. The summed E-state index contributed by atoms with van der Waals surface area (Å²) in [5.74, 6) is -1.60. The van der Waals surface area contributed by atoms with Gasteiger partial charge in [0.05, 0.1) is 12.9 Å². The van der Waals surface area contributed by atoms with Crippen LogP contribution in [0.15, 0.2) is 24.3 Å². The van der Waals surface area contributed by atoms with Gasteiger partial charge in [-0.25, -0.2) is 8.42 Å². The van der Waals surface area contributed by atoms with Gasteiger partial charge < -0.3 is 9.84 Å². The first-order valence-corrected chi connectivity index (χ1v) is 6.80. The highest BCUT2D eigenvalue weighted by atomic mass is 32.2. The Kier molecular flexibility index (Phi) is 4.51. The molecule has 0 atom stereocenters. The number of aryl methyl sites for hydroxylation is 1. The molecule has 1 aromatic carbocycles. The van der Waals surface area contributed by atoms with E-state index in [4.69, 9.17) is 9.84 Å². The standard InChI is InChI=1S/C11H14O5S/c1-16-10-4-2-9(3-5-10)6-7-17(14,15)8-11(12)13/h2-5H,6-8H2,1H3,(H,12,13). The quantitative estimate of drug-likeness (QED) is 0.813. The summed E-state index contributed by atoms with van der Waals surface area (Å²) in [5, 5.41) is 8.42. The molecule has 0 spiro atoms. The van der Waals surface area contributed by atoms with Gasteiger partial charge in [-0.05, 0) is 24.1 Å². The smallest absolute Gasteiger partial charge is 0.318 e. The molecule has 0 aliphatic carbocycles. The van der Waals surface area contributed by atoms with E-state index in [0.29, 0.717) is 12.2 Å². The molecular weight excluding hydrogens is 244 g/mol. The highest BCUT2D eigenvalue weighted by Crippen LogP contribution is 2.12. The molecule has 6 heteroatoms. The first-order chi connectivity index (χ1) is 7.93. The van der Waals surface area contributed by atoms with E-state index in [2.05, 4.69) is 0 Å². The van der Waals surface area contributed by atoms with Crippen molar-refractivity contribution >= 4 is 15.8 Å². The number of benzene rings is 1. The third kappa shape index (κ3) is 4.86. The summed E-state index contributed by atoms with van der Waals surface area (Å²) in [6.07, 6.45) is 0.305. The molecule has 0 bridgehead atoms. The molecule has 17 heavy (non-hydrogen) atoms. The van der Waals surface area contributed by atoms with Gasteiger partial charge in [-0.1, -0.05) is 12.1 Å². The largest absolute Gasteiger partial charge is 0.497 e. The van der Waals surface area contributed by atoms with Gasteiger partial charge in [0.2, 0.25) is 0 Å². The summed E-state index contributed by atoms with van der Waals surface area (Å²) in [7, 11) is -1.98. The van der Waals surface area contributed by atoms with Gasteiger partial charge in [0.15, 0.2) is 9.84 Å². The number of sulfone groups is 1. The van der Waals surface area contributed by atoms with Crippen LogP contribution in [0.2, 0.25) is 0 Å². The number of rotatable bonds is 6. The maximum atomic E-state index is 11.3. The molecule has 0 radical (unpaired) electrons. The van der Waals surface area contributed by atoms with E-state index in [1.54, 1.807) is 31.4 Å². The Morgan fingerprint density at radius 2 is 1.88 bits per heavy atom. The minimum atomic E-state index is -3.53. The first kappa shape index (κ1) is 13.5. The lowest BCUT2D eigenvalue weighted by Gasteiger charge is -2.03. The summed E-state index contributed by atoms with van der Waals surface area (Å²) in [5.41, 5.74) is 0.833. The average molecular weight is 258 g/mol. The van der Waals surface area contributed by atoms with E-state index in [9.17, 15) is 13.2 Å². The first-order valence-electron chi connectivity index (χ1n) is 4.98. The Morgan fingerprint density at radius 3 is 2.35 bits per heavy atom. The molecule has 0 fully saturated rings. The zero-order chi connectivity index (χ0) is 12.9.